The highest BCUT2D eigenvalue weighted by Crippen LogP contribution is 2.10. The van der Waals surface area contributed by atoms with Crippen LogP contribution in [-0.4, -0.2) is 67.7 Å². The maximum Gasteiger partial charge on any atom is 0.410 e. The molecule has 3 N–H and O–H groups in total. The number of nitrogens with two attached hydrogens (primary N) is 1. The van der Waals surface area contributed by atoms with E-state index in [-0.39, 0.29) is 12.7 Å². The zero-order valence-electron chi connectivity index (χ0n) is 12.8. The number of carbonyl (C=O) groups is 2. The van der Waals surface area contributed by atoms with Crippen LogP contribution in [0.2, 0.25) is 0 Å². The van der Waals surface area contributed by atoms with Crippen molar-refractivity contribution in [2.24, 2.45) is 10.7 Å². The molecule has 0 saturated heterocycles. The number of nitrogens with one attached hydrogen (secondary N) is 1. The summed E-state index contributed by atoms with van der Waals surface area (Å²) in [5, 5.41) is 3.07. The Labute approximate surface area is 124 Å². The molecule has 2 amide bonds. The Hall–Kier alpha value is -1.83. The number of hydrogen-bond donors (Lipinski definition) is 2. The van der Waals surface area contributed by atoms with Gasteiger partial charge in [0.1, 0.15) is 18.0 Å². The van der Waals surface area contributed by atoms with Crippen molar-refractivity contribution >= 4 is 17.8 Å². The van der Waals surface area contributed by atoms with Gasteiger partial charge in [-0.15, -0.1) is 0 Å². The van der Waals surface area contributed by atoms with E-state index in [9.17, 15) is 9.59 Å². The van der Waals surface area contributed by atoms with Crippen LogP contribution in [0.4, 0.5) is 4.79 Å². The molecule has 0 fully saturated rings. The fourth-order valence-electron chi connectivity index (χ4n) is 1.65. The Morgan fingerprint density at radius 2 is 2.14 bits per heavy atom. The summed E-state index contributed by atoms with van der Waals surface area (Å²) in [4.78, 5) is 28.3. The highest BCUT2D eigenvalue weighted by molar-refractivity contribution is 5.87. The number of aliphatic imine (C=N–C) groups is 1. The Morgan fingerprint density at radius 1 is 1.43 bits per heavy atom. The molecular formula is C13H24N4O4. The van der Waals surface area contributed by atoms with E-state index in [1.165, 1.54) is 0 Å². The topological polar surface area (TPSA) is 106 Å². The summed E-state index contributed by atoms with van der Waals surface area (Å²) < 4.78 is 10.4. The number of amidine groups is 1. The van der Waals surface area contributed by atoms with E-state index >= 15 is 0 Å². The molecule has 1 rings (SSSR count). The predicted molar refractivity (Wildman–Crippen MR) is 78.1 cm³/mol. The summed E-state index contributed by atoms with van der Waals surface area (Å²) >= 11 is 0. The number of amides is 2. The average molecular weight is 300 g/mol. The van der Waals surface area contributed by atoms with E-state index in [0.717, 1.165) is 0 Å². The van der Waals surface area contributed by atoms with Crippen LogP contribution in [0.5, 0.6) is 0 Å². The number of hydrogen-bond acceptors (Lipinski definition) is 6. The number of nitrogens with zero attached hydrogens (tertiary/aromatic N) is 2. The van der Waals surface area contributed by atoms with Gasteiger partial charge in [-0.25, -0.2) is 4.79 Å². The van der Waals surface area contributed by atoms with Gasteiger partial charge in [0.15, 0.2) is 0 Å². The molecule has 8 heteroatoms. The molecule has 0 aromatic heterocycles. The summed E-state index contributed by atoms with van der Waals surface area (Å²) in [5.41, 5.74) is 4.44. The van der Waals surface area contributed by atoms with Gasteiger partial charge in [-0.1, -0.05) is 0 Å². The molecule has 120 valence electrons. The Kier molecular flexibility index (Phi) is 6.41. The van der Waals surface area contributed by atoms with E-state index < -0.39 is 11.5 Å². The molecule has 0 spiro atoms. The lowest BCUT2D eigenvalue weighted by Crippen LogP contribution is -2.47. The molecule has 1 heterocycles. The van der Waals surface area contributed by atoms with Crippen LogP contribution in [0.3, 0.4) is 0 Å². The first-order valence-corrected chi connectivity index (χ1v) is 6.89. The summed E-state index contributed by atoms with van der Waals surface area (Å²) in [7, 11) is 0. The van der Waals surface area contributed by atoms with Gasteiger partial charge in [-0.2, -0.15) is 0 Å². The first-order chi connectivity index (χ1) is 9.78. The van der Waals surface area contributed by atoms with Crippen LogP contribution in [0.1, 0.15) is 20.8 Å². The normalized spacial score (nSPS) is 15.4. The monoisotopic (exact) mass is 300 g/mol. The van der Waals surface area contributed by atoms with Crippen molar-refractivity contribution in [2.45, 2.75) is 26.4 Å². The summed E-state index contributed by atoms with van der Waals surface area (Å²) in [5.74, 6) is 0.205. The molecule has 0 saturated carbocycles. The Morgan fingerprint density at radius 3 is 2.76 bits per heavy atom. The molecule has 0 radical (unpaired) electrons. The maximum atomic E-state index is 12.0. The second-order valence-electron chi connectivity index (χ2n) is 5.68. The summed E-state index contributed by atoms with van der Waals surface area (Å²) in [6, 6.07) is 0. The highest BCUT2D eigenvalue weighted by Gasteiger charge is 2.24. The van der Waals surface area contributed by atoms with Gasteiger partial charge in [-0.05, 0) is 20.8 Å². The molecule has 0 atom stereocenters. The van der Waals surface area contributed by atoms with Crippen molar-refractivity contribution in [1.29, 1.82) is 0 Å². The van der Waals surface area contributed by atoms with Crippen molar-refractivity contribution < 1.29 is 19.1 Å². The van der Waals surface area contributed by atoms with Gasteiger partial charge < -0.3 is 20.5 Å². The quantitative estimate of drug-likeness (QED) is 0.680. The zero-order chi connectivity index (χ0) is 15.9. The first kappa shape index (κ1) is 17.2. The fraction of sp³-hybridized carbons (Fsp3) is 0.769. The molecule has 0 bridgehead atoms. The van der Waals surface area contributed by atoms with Gasteiger partial charge in [0.2, 0.25) is 5.91 Å². The van der Waals surface area contributed by atoms with Crippen molar-refractivity contribution in [3.05, 3.63) is 0 Å². The standard InChI is InChI=1S/C13H24N4O4/c1-13(2,3)21-12(19)17-6-4-15-11(8-17)16-5-7-20-9-10(14)18/h4-9H2,1-3H3,(H2,14,18)(H,15,16). The minimum absolute atomic E-state index is 0.0990. The fourth-order valence-corrected chi connectivity index (χ4v) is 1.65. The largest absolute Gasteiger partial charge is 0.444 e. The van der Waals surface area contributed by atoms with Gasteiger partial charge in [0, 0.05) is 13.1 Å². The highest BCUT2D eigenvalue weighted by atomic mass is 16.6. The minimum atomic E-state index is -0.512. The van der Waals surface area contributed by atoms with Gasteiger partial charge in [-0.3, -0.25) is 14.7 Å². The second-order valence-corrected chi connectivity index (χ2v) is 5.68. The molecule has 0 aliphatic carbocycles. The number of rotatable bonds is 5. The maximum absolute atomic E-state index is 12.0. The van der Waals surface area contributed by atoms with Crippen LogP contribution in [-0.2, 0) is 14.3 Å². The van der Waals surface area contributed by atoms with E-state index in [0.29, 0.717) is 38.6 Å². The third-order valence-corrected chi connectivity index (χ3v) is 2.48. The summed E-state index contributed by atoms with van der Waals surface area (Å²) in [6.07, 6.45) is -0.346. The van der Waals surface area contributed by atoms with Crippen LogP contribution in [0.15, 0.2) is 4.99 Å². The first-order valence-electron chi connectivity index (χ1n) is 6.89. The van der Waals surface area contributed by atoms with E-state index in [1.807, 2.05) is 20.8 Å². The van der Waals surface area contributed by atoms with Crippen LogP contribution >= 0.6 is 0 Å². The van der Waals surface area contributed by atoms with Crippen LogP contribution in [0, 0.1) is 0 Å². The Bertz CT molecular complexity index is 403. The number of ether oxygens (including phenoxy) is 2. The van der Waals surface area contributed by atoms with Gasteiger partial charge >= 0.3 is 6.09 Å². The lowest BCUT2D eigenvalue weighted by Gasteiger charge is -2.29. The predicted octanol–water partition coefficient (Wildman–Crippen LogP) is -0.273. The molecule has 1 aliphatic rings. The minimum Gasteiger partial charge on any atom is -0.444 e. The molecule has 0 aromatic carbocycles. The molecule has 0 unspecified atom stereocenters. The summed E-state index contributed by atoms with van der Waals surface area (Å²) in [6.45, 7) is 7.68. The molecular weight excluding hydrogens is 276 g/mol. The van der Waals surface area contributed by atoms with Crippen molar-refractivity contribution in [2.75, 3.05) is 39.4 Å². The lowest BCUT2D eigenvalue weighted by atomic mass is 10.2. The van der Waals surface area contributed by atoms with Crippen molar-refractivity contribution in [3.8, 4) is 0 Å². The molecule has 21 heavy (non-hydrogen) atoms. The third-order valence-electron chi connectivity index (χ3n) is 2.48. The van der Waals surface area contributed by atoms with Crippen molar-refractivity contribution in [3.63, 3.8) is 0 Å². The Balaban J connectivity index is 2.30. The van der Waals surface area contributed by atoms with Gasteiger partial charge in [0.05, 0.1) is 19.7 Å². The third kappa shape index (κ3) is 7.50. The van der Waals surface area contributed by atoms with E-state index in [2.05, 4.69) is 10.3 Å². The molecule has 1 aliphatic heterocycles. The van der Waals surface area contributed by atoms with Crippen molar-refractivity contribution in [1.82, 2.24) is 10.2 Å². The zero-order valence-corrected chi connectivity index (χ0v) is 12.8. The van der Waals surface area contributed by atoms with E-state index in [1.54, 1.807) is 4.90 Å². The lowest BCUT2D eigenvalue weighted by molar-refractivity contribution is -0.122. The molecule has 8 nitrogen and oxygen atoms in total. The number of carbonyl (C=O) groups excluding carboxylic acids is 2. The van der Waals surface area contributed by atoms with Crippen LogP contribution < -0.4 is 11.1 Å². The van der Waals surface area contributed by atoms with Crippen LogP contribution in [0.25, 0.3) is 0 Å². The SMILES string of the molecule is CC(C)(C)OC(=O)N1CCN=C(NCCOCC(N)=O)C1. The molecule has 0 aromatic rings. The number of primary amides is 1. The van der Waals surface area contributed by atoms with E-state index in [4.69, 9.17) is 15.2 Å². The van der Waals surface area contributed by atoms with Gasteiger partial charge in [0.25, 0.3) is 0 Å². The smallest absolute Gasteiger partial charge is 0.410 e. The second kappa shape index (κ2) is 7.82. The average Bonchev–Trinajstić information content (AvgIpc) is 2.36.